The maximum absolute atomic E-state index is 12.2. The molecule has 0 radical (unpaired) electrons. The number of anilines is 1. The number of likely N-dealkylation sites (N-methyl/N-ethyl adjacent to an activating group) is 1. The number of hydrogen-bond acceptors (Lipinski definition) is 4. The summed E-state index contributed by atoms with van der Waals surface area (Å²) >= 11 is 5.78. The normalized spacial score (nSPS) is 19.7. The van der Waals surface area contributed by atoms with Crippen molar-refractivity contribution in [3.63, 3.8) is 0 Å². The van der Waals surface area contributed by atoms with Crippen LogP contribution < -0.4 is 4.90 Å². The first kappa shape index (κ1) is 13.1. The van der Waals surface area contributed by atoms with Gasteiger partial charge in [0.1, 0.15) is 6.04 Å². The average Bonchev–Trinajstić information content (AvgIpc) is 2.39. The molecule has 98 valence electrons. The SMILES string of the molecule is CN(C)C(=O)C1CCCCN1c1ncc(Cl)cn1. The maximum atomic E-state index is 12.2. The lowest BCUT2D eigenvalue weighted by Crippen LogP contribution is -2.49. The third-order valence-electron chi connectivity index (χ3n) is 3.09. The minimum absolute atomic E-state index is 0.105. The monoisotopic (exact) mass is 268 g/mol. The second-order valence-electron chi connectivity index (χ2n) is 4.64. The van der Waals surface area contributed by atoms with E-state index in [1.165, 1.54) is 0 Å². The van der Waals surface area contributed by atoms with Crippen molar-refractivity contribution in [2.75, 3.05) is 25.5 Å². The van der Waals surface area contributed by atoms with E-state index in [0.717, 1.165) is 25.8 Å². The molecular weight excluding hydrogens is 252 g/mol. The van der Waals surface area contributed by atoms with E-state index in [9.17, 15) is 4.79 Å². The van der Waals surface area contributed by atoms with Crippen LogP contribution in [-0.4, -0.2) is 47.5 Å². The largest absolute Gasteiger partial charge is 0.347 e. The standard InChI is InChI=1S/C12H17ClN4O/c1-16(2)11(18)10-5-3-4-6-17(10)12-14-7-9(13)8-15-12/h7-8,10H,3-6H2,1-2H3. The highest BCUT2D eigenvalue weighted by Gasteiger charge is 2.31. The summed E-state index contributed by atoms with van der Waals surface area (Å²) in [5.41, 5.74) is 0. The molecule has 0 N–H and O–H groups in total. The van der Waals surface area contributed by atoms with Crippen LogP contribution in [0.1, 0.15) is 19.3 Å². The van der Waals surface area contributed by atoms with Crippen LogP contribution in [0.25, 0.3) is 0 Å². The minimum Gasteiger partial charge on any atom is -0.347 e. The van der Waals surface area contributed by atoms with Gasteiger partial charge in [-0.25, -0.2) is 9.97 Å². The Morgan fingerprint density at radius 3 is 2.67 bits per heavy atom. The van der Waals surface area contributed by atoms with Gasteiger partial charge >= 0.3 is 0 Å². The molecular formula is C12H17ClN4O. The van der Waals surface area contributed by atoms with Crippen LogP contribution in [0.15, 0.2) is 12.4 Å². The Bertz CT molecular complexity index is 421. The summed E-state index contributed by atoms with van der Waals surface area (Å²) in [5.74, 6) is 0.688. The molecule has 1 atom stereocenters. The molecule has 6 heteroatoms. The van der Waals surface area contributed by atoms with Gasteiger partial charge < -0.3 is 9.80 Å². The number of carbonyl (C=O) groups excluding carboxylic acids is 1. The van der Waals surface area contributed by atoms with Gasteiger partial charge in [-0.15, -0.1) is 0 Å². The lowest BCUT2D eigenvalue weighted by atomic mass is 10.0. The molecule has 1 amide bonds. The van der Waals surface area contributed by atoms with Crippen LogP contribution in [-0.2, 0) is 4.79 Å². The molecule has 1 aliphatic rings. The van der Waals surface area contributed by atoms with E-state index >= 15 is 0 Å². The van der Waals surface area contributed by atoms with Crippen LogP contribution >= 0.6 is 11.6 Å². The van der Waals surface area contributed by atoms with Crippen LogP contribution in [0, 0.1) is 0 Å². The number of carbonyl (C=O) groups is 1. The number of piperidine rings is 1. The molecule has 1 saturated heterocycles. The van der Waals surface area contributed by atoms with Gasteiger partial charge in [0, 0.05) is 20.6 Å². The van der Waals surface area contributed by atoms with Crippen molar-refractivity contribution >= 4 is 23.5 Å². The van der Waals surface area contributed by atoms with Gasteiger partial charge in [-0.1, -0.05) is 11.6 Å². The number of rotatable bonds is 2. The number of halogens is 1. The Morgan fingerprint density at radius 2 is 2.06 bits per heavy atom. The number of nitrogens with zero attached hydrogens (tertiary/aromatic N) is 4. The van der Waals surface area contributed by atoms with Crippen molar-refractivity contribution in [3.8, 4) is 0 Å². The molecule has 0 aromatic carbocycles. The second kappa shape index (κ2) is 5.52. The van der Waals surface area contributed by atoms with Crippen LogP contribution in [0.3, 0.4) is 0 Å². The summed E-state index contributed by atoms with van der Waals surface area (Å²) in [7, 11) is 3.55. The fourth-order valence-corrected chi connectivity index (χ4v) is 2.28. The quantitative estimate of drug-likeness (QED) is 0.817. The van der Waals surface area contributed by atoms with E-state index in [4.69, 9.17) is 11.6 Å². The second-order valence-corrected chi connectivity index (χ2v) is 5.08. The minimum atomic E-state index is -0.157. The summed E-state index contributed by atoms with van der Waals surface area (Å²) in [4.78, 5) is 24.2. The summed E-state index contributed by atoms with van der Waals surface area (Å²) in [6, 6.07) is -0.157. The molecule has 1 unspecified atom stereocenters. The van der Waals surface area contributed by atoms with Gasteiger partial charge in [0.15, 0.2) is 0 Å². The molecule has 0 aliphatic carbocycles. The van der Waals surface area contributed by atoms with Gasteiger partial charge in [0.25, 0.3) is 0 Å². The summed E-state index contributed by atoms with van der Waals surface area (Å²) in [6.45, 7) is 0.811. The molecule has 1 fully saturated rings. The van der Waals surface area contributed by atoms with E-state index < -0.39 is 0 Å². The van der Waals surface area contributed by atoms with Crippen LogP contribution in [0.4, 0.5) is 5.95 Å². The molecule has 1 aromatic heterocycles. The van der Waals surface area contributed by atoms with E-state index in [0.29, 0.717) is 11.0 Å². The lowest BCUT2D eigenvalue weighted by Gasteiger charge is -2.35. The van der Waals surface area contributed by atoms with Gasteiger partial charge in [0.2, 0.25) is 11.9 Å². The third kappa shape index (κ3) is 2.72. The molecule has 0 bridgehead atoms. The summed E-state index contributed by atoms with van der Waals surface area (Å²) < 4.78 is 0. The van der Waals surface area contributed by atoms with Gasteiger partial charge in [-0.05, 0) is 19.3 Å². The first-order valence-corrected chi connectivity index (χ1v) is 6.43. The van der Waals surface area contributed by atoms with Crippen molar-refractivity contribution in [3.05, 3.63) is 17.4 Å². The van der Waals surface area contributed by atoms with E-state index in [2.05, 4.69) is 9.97 Å². The van der Waals surface area contributed by atoms with Crippen molar-refractivity contribution in [1.29, 1.82) is 0 Å². The smallest absolute Gasteiger partial charge is 0.244 e. The van der Waals surface area contributed by atoms with E-state index in [-0.39, 0.29) is 11.9 Å². The molecule has 1 aromatic rings. The predicted molar refractivity (Wildman–Crippen MR) is 70.7 cm³/mol. The maximum Gasteiger partial charge on any atom is 0.244 e. The number of amides is 1. The van der Waals surface area contributed by atoms with Crippen molar-refractivity contribution in [2.45, 2.75) is 25.3 Å². The zero-order chi connectivity index (χ0) is 13.1. The van der Waals surface area contributed by atoms with Crippen molar-refractivity contribution in [2.24, 2.45) is 0 Å². The highest BCUT2D eigenvalue weighted by atomic mass is 35.5. The molecule has 0 spiro atoms. The zero-order valence-electron chi connectivity index (χ0n) is 10.6. The van der Waals surface area contributed by atoms with Gasteiger partial charge in [-0.2, -0.15) is 0 Å². The topological polar surface area (TPSA) is 49.3 Å². The van der Waals surface area contributed by atoms with Crippen LogP contribution in [0.5, 0.6) is 0 Å². The first-order chi connectivity index (χ1) is 8.59. The molecule has 0 saturated carbocycles. The Balaban J connectivity index is 2.22. The predicted octanol–water partition coefficient (Wildman–Crippen LogP) is 1.58. The fraction of sp³-hybridized carbons (Fsp3) is 0.583. The average molecular weight is 269 g/mol. The Labute approximate surface area is 112 Å². The first-order valence-electron chi connectivity index (χ1n) is 6.05. The molecule has 1 aliphatic heterocycles. The lowest BCUT2D eigenvalue weighted by molar-refractivity contribution is -0.130. The summed E-state index contributed by atoms with van der Waals surface area (Å²) in [5, 5.41) is 0.506. The zero-order valence-corrected chi connectivity index (χ0v) is 11.4. The number of hydrogen-bond donors (Lipinski definition) is 0. The Morgan fingerprint density at radius 1 is 1.39 bits per heavy atom. The Hall–Kier alpha value is -1.36. The molecule has 18 heavy (non-hydrogen) atoms. The molecule has 5 nitrogen and oxygen atoms in total. The van der Waals surface area contributed by atoms with Crippen molar-refractivity contribution in [1.82, 2.24) is 14.9 Å². The third-order valence-corrected chi connectivity index (χ3v) is 3.29. The molecule has 2 rings (SSSR count). The van der Waals surface area contributed by atoms with E-state index in [1.54, 1.807) is 31.4 Å². The van der Waals surface area contributed by atoms with Gasteiger partial charge in [-0.3, -0.25) is 4.79 Å². The van der Waals surface area contributed by atoms with Crippen LogP contribution in [0.2, 0.25) is 5.02 Å². The molecule has 2 heterocycles. The van der Waals surface area contributed by atoms with Gasteiger partial charge in [0.05, 0.1) is 17.4 Å². The van der Waals surface area contributed by atoms with E-state index in [1.807, 2.05) is 4.90 Å². The summed E-state index contributed by atoms with van der Waals surface area (Å²) in [6.07, 6.45) is 6.10. The van der Waals surface area contributed by atoms with Crippen molar-refractivity contribution < 1.29 is 4.79 Å². The highest BCUT2D eigenvalue weighted by molar-refractivity contribution is 6.30. The number of aromatic nitrogens is 2. The Kier molecular flexibility index (Phi) is 4.01. The fourth-order valence-electron chi connectivity index (χ4n) is 2.18. The highest BCUT2D eigenvalue weighted by Crippen LogP contribution is 2.23.